The summed E-state index contributed by atoms with van der Waals surface area (Å²) in [5.74, 6) is -0.574. The lowest BCUT2D eigenvalue weighted by molar-refractivity contribution is -0.127. The van der Waals surface area contributed by atoms with E-state index < -0.39 is 31.9 Å². The minimum Gasteiger partial charge on any atom is -0.366 e. The van der Waals surface area contributed by atoms with Crippen molar-refractivity contribution in [3.8, 4) is 0 Å². The second-order valence-electron chi connectivity index (χ2n) is 8.12. The van der Waals surface area contributed by atoms with Crippen molar-refractivity contribution in [2.45, 2.75) is 65.1 Å². The van der Waals surface area contributed by atoms with Crippen LogP contribution in [0.4, 0.5) is 0 Å². The van der Waals surface area contributed by atoms with Crippen LogP contribution < -0.4 is 10.6 Å². The van der Waals surface area contributed by atoms with E-state index >= 15 is 0 Å². The molecule has 0 aliphatic carbocycles. The number of benzene rings is 1. The molecule has 1 fully saturated rings. The van der Waals surface area contributed by atoms with Gasteiger partial charge in [-0.25, -0.2) is 0 Å². The number of rotatable bonds is 12. The molecule has 1 aromatic carbocycles. The molecule has 1 saturated heterocycles. The van der Waals surface area contributed by atoms with E-state index in [9.17, 15) is 19.3 Å². The third kappa shape index (κ3) is 7.98. The average molecular weight is 471 g/mol. The number of carbonyl (C=O) groups excluding carboxylic acids is 2. The molecular formula is C22H35N2O7P. The van der Waals surface area contributed by atoms with Crippen LogP contribution in [0.2, 0.25) is 0 Å². The van der Waals surface area contributed by atoms with Gasteiger partial charge in [-0.15, -0.1) is 0 Å². The summed E-state index contributed by atoms with van der Waals surface area (Å²) in [7, 11) is -3.24. The minimum atomic E-state index is -3.24. The maximum atomic E-state index is 12.8. The van der Waals surface area contributed by atoms with Gasteiger partial charge in [-0.05, 0) is 50.3 Å². The molecule has 10 heteroatoms. The summed E-state index contributed by atoms with van der Waals surface area (Å²) < 4.78 is 28.4. The van der Waals surface area contributed by atoms with E-state index in [1.165, 1.54) is 0 Å². The molecular weight excluding hydrogens is 435 g/mol. The van der Waals surface area contributed by atoms with Gasteiger partial charge in [0.05, 0.1) is 32.0 Å². The standard InChI is InChI=1S/C22H35N2O7P/c1-5-30-32(28,31-6-2)14-16-7-9-17(10-8-16)20(25)24-19(13-15(3)4)21(26)23-18-11-12-29-22(18)27/h7-10,15,18-19,22,27H,5-6,11-14H2,1-4H3,(H,23,26)(H,24,25)/t18-,19-,22?/m0/s1. The van der Waals surface area contributed by atoms with Crippen molar-refractivity contribution in [3.05, 3.63) is 35.4 Å². The Morgan fingerprint density at radius 2 is 1.81 bits per heavy atom. The van der Waals surface area contributed by atoms with Crippen molar-refractivity contribution in [1.29, 1.82) is 0 Å². The van der Waals surface area contributed by atoms with Crippen LogP contribution in [0.25, 0.3) is 0 Å². The molecule has 32 heavy (non-hydrogen) atoms. The summed E-state index contributed by atoms with van der Waals surface area (Å²) in [6.45, 7) is 8.36. The Balaban J connectivity index is 2.04. The van der Waals surface area contributed by atoms with Gasteiger partial charge in [-0.1, -0.05) is 26.0 Å². The van der Waals surface area contributed by atoms with E-state index in [0.717, 1.165) is 5.56 Å². The molecule has 0 bridgehead atoms. The fraction of sp³-hybridized carbons (Fsp3) is 0.636. The first kappa shape index (κ1) is 26.5. The number of aliphatic hydroxyl groups is 1. The number of ether oxygens (including phenoxy) is 1. The molecule has 3 N–H and O–H groups in total. The van der Waals surface area contributed by atoms with E-state index in [-0.39, 0.29) is 31.2 Å². The van der Waals surface area contributed by atoms with Gasteiger partial charge < -0.3 is 29.5 Å². The first-order valence-electron chi connectivity index (χ1n) is 11.1. The van der Waals surface area contributed by atoms with Gasteiger partial charge in [0, 0.05) is 5.56 Å². The predicted molar refractivity (Wildman–Crippen MR) is 120 cm³/mol. The maximum absolute atomic E-state index is 12.8. The van der Waals surface area contributed by atoms with E-state index in [1.807, 2.05) is 13.8 Å². The molecule has 180 valence electrons. The molecule has 2 amide bonds. The molecule has 0 aromatic heterocycles. The number of hydrogen-bond acceptors (Lipinski definition) is 7. The van der Waals surface area contributed by atoms with Crippen molar-refractivity contribution in [2.24, 2.45) is 5.92 Å². The fourth-order valence-electron chi connectivity index (χ4n) is 3.45. The molecule has 9 nitrogen and oxygen atoms in total. The van der Waals surface area contributed by atoms with Crippen LogP contribution in [0.5, 0.6) is 0 Å². The lowest BCUT2D eigenvalue weighted by Crippen LogP contribution is -2.51. The van der Waals surface area contributed by atoms with E-state index in [0.29, 0.717) is 25.0 Å². The highest BCUT2D eigenvalue weighted by Crippen LogP contribution is 2.51. The highest BCUT2D eigenvalue weighted by atomic mass is 31.2. The molecule has 1 aliphatic heterocycles. The average Bonchev–Trinajstić information content (AvgIpc) is 3.12. The monoisotopic (exact) mass is 470 g/mol. The molecule has 2 rings (SSSR count). The van der Waals surface area contributed by atoms with Crippen LogP contribution >= 0.6 is 7.60 Å². The van der Waals surface area contributed by atoms with Crippen molar-refractivity contribution < 1.29 is 33.0 Å². The number of hydrogen-bond donors (Lipinski definition) is 3. The largest absolute Gasteiger partial charge is 0.366 e. The number of carbonyl (C=O) groups is 2. The van der Waals surface area contributed by atoms with Crippen LogP contribution in [0.3, 0.4) is 0 Å². The Hall–Kier alpha value is -1.77. The Labute approximate surface area is 189 Å². The Morgan fingerprint density at radius 3 is 2.31 bits per heavy atom. The number of amides is 2. The Kier molecular flexibility index (Phi) is 10.3. The van der Waals surface area contributed by atoms with Crippen molar-refractivity contribution in [2.75, 3.05) is 19.8 Å². The van der Waals surface area contributed by atoms with Crippen LogP contribution in [-0.4, -0.2) is 55.1 Å². The van der Waals surface area contributed by atoms with Crippen LogP contribution in [0.15, 0.2) is 24.3 Å². The summed E-state index contributed by atoms with van der Waals surface area (Å²) in [5.41, 5.74) is 1.10. The summed E-state index contributed by atoms with van der Waals surface area (Å²) >= 11 is 0. The summed E-state index contributed by atoms with van der Waals surface area (Å²) in [6, 6.07) is 5.40. The van der Waals surface area contributed by atoms with Crippen LogP contribution in [0.1, 0.15) is 56.5 Å². The molecule has 0 radical (unpaired) electrons. The zero-order valence-corrected chi connectivity index (χ0v) is 20.1. The topological polar surface area (TPSA) is 123 Å². The van der Waals surface area contributed by atoms with Crippen LogP contribution in [-0.2, 0) is 29.3 Å². The first-order valence-corrected chi connectivity index (χ1v) is 12.8. The minimum absolute atomic E-state index is 0.112. The molecule has 1 aliphatic rings. The highest BCUT2D eigenvalue weighted by molar-refractivity contribution is 7.53. The summed E-state index contributed by atoms with van der Waals surface area (Å²) in [4.78, 5) is 25.5. The van der Waals surface area contributed by atoms with Gasteiger partial charge >= 0.3 is 7.60 Å². The zero-order chi connectivity index (χ0) is 23.7. The lowest BCUT2D eigenvalue weighted by atomic mass is 10.0. The zero-order valence-electron chi connectivity index (χ0n) is 19.2. The second kappa shape index (κ2) is 12.5. The third-order valence-corrected chi connectivity index (χ3v) is 7.02. The predicted octanol–water partition coefficient (Wildman–Crippen LogP) is 2.82. The highest BCUT2D eigenvalue weighted by Gasteiger charge is 2.31. The van der Waals surface area contributed by atoms with Crippen molar-refractivity contribution in [3.63, 3.8) is 0 Å². The number of aliphatic hydroxyl groups excluding tert-OH is 1. The van der Waals surface area contributed by atoms with Crippen molar-refractivity contribution in [1.82, 2.24) is 10.6 Å². The summed E-state index contributed by atoms with van der Waals surface area (Å²) in [5, 5.41) is 15.3. The molecule has 3 atom stereocenters. The van der Waals surface area contributed by atoms with Gasteiger partial charge in [-0.2, -0.15) is 0 Å². The van der Waals surface area contributed by atoms with Gasteiger partial charge in [0.15, 0.2) is 6.29 Å². The summed E-state index contributed by atoms with van der Waals surface area (Å²) in [6.07, 6.45) is 0.0435. The lowest BCUT2D eigenvalue weighted by Gasteiger charge is -2.23. The van der Waals surface area contributed by atoms with E-state index in [1.54, 1.807) is 38.1 Å². The number of nitrogens with one attached hydrogen (secondary N) is 2. The van der Waals surface area contributed by atoms with Gasteiger partial charge in [0.2, 0.25) is 5.91 Å². The molecule has 1 heterocycles. The van der Waals surface area contributed by atoms with Gasteiger partial charge in [0.25, 0.3) is 5.91 Å². The molecule has 0 saturated carbocycles. The Bertz CT molecular complexity index is 790. The smallest absolute Gasteiger partial charge is 0.335 e. The maximum Gasteiger partial charge on any atom is 0.335 e. The van der Waals surface area contributed by atoms with Crippen molar-refractivity contribution >= 4 is 19.4 Å². The van der Waals surface area contributed by atoms with Gasteiger partial charge in [0.1, 0.15) is 6.04 Å². The molecule has 1 aromatic rings. The molecule has 1 unspecified atom stereocenters. The van der Waals surface area contributed by atoms with Gasteiger partial charge in [-0.3, -0.25) is 14.2 Å². The third-order valence-electron chi connectivity index (χ3n) is 4.96. The first-order chi connectivity index (χ1) is 15.2. The fourth-order valence-corrected chi connectivity index (χ4v) is 5.15. The van der Waals surface area contributed by atoms with Crippen LogP contribution in [0, 0.1) is 5.92 Å². The SMILES string of the molecule is CCOP(=O)(Cc1ccc(C(=O)N[C@@H](CC(C)C)C(=O)N[C@H]2CCOC2O)cc1)OCC. The normalized spacial score (nSPS) is 19.7. The second-order valence-corrected chi connectivity index (χ2v) is 10.2. The molecule has 0 spiro atoms. The van der Waals surface area contributed by atoms with E-state index in [4.69, 9.17) is 13.8 Å². The quantitative estimate of drug-likeness (QED) is 0.402. The Morgan fingerprint density at radius 1 is 1.19 bits per heavy atom. The van der Waals surface area contributed by atoms with E-state index in [2.05, 4.69) is 10.6 Å².